The monoisotopic (exact) mass is 344 g/mol. The summed E-state index contributed by atoms with van der Waals surface area (Å²) in [6.07, 6.45) is 8.18. The second kappa shape index (κ2) is 10.3. The standard InChI is InChI=1S/C21H32O2Si/c1-6-8-9-13-17-20(19(14-7-2)21(22)23-3)24(4,5)18-15-11-10-12-16-18/h7,10-12,15-16H,2,6,8-9,13-14,17H2,1,3-5H3/b20-19+. The maximum absolute atomic E-state index is 12.4. The maximum Gasteiger partial charge on any atom is 0.333 e. The Labute approximate surface area is 148 Å². The Morgan fingerprint density at radius 2 is 1.83 bits per heavy atom. The van der Waals surface area contributed by atoms with Crippen molar-refractivity contribution in [3.63, 3.8) is 0 Å². The lowest BCUT2D eigenvalue weighted by Crippen LogP contribution is -2.45. The number of rotatable bonds is 10. The van der Waals surface area contributed by atoms with Crippen LogP contribution in [0.1, 0.15) is 45.4 Å². The van der Waals surface area contributed by atoms with E-state index in [1.54, 1.807) is 0 Å². The van der Waals surface area contributed by atoms with Gasteiger partial charge in [0.15, 0.2) is 0 Å². The van der Waals surface area contributed by atoms with Crippen LogP contribution >= 0.6 is 0 Å². The SMILES string of the molecule is C=CC/C(C(=O)OC)=C(/CCCCCC)[Si](C)(C)c1ccccc1. The summed E-state index contributed by atoms with van der Waals surface area (Å²) in [6.45, 7) is 10.7. The largest absolute Gasteiger partial charge is 0.466 e. The maximum atomic E-state index is 12.4. The molecule has 0 aliphatic heterocycles. The highest BCUT2D eigenvalue weighted by atomic mass is 28.3. The predicted molar refractivity (Wildman–Crippen MR) is 106 cm³/mol. The topological polar surface area (TPSA) is 26.3 Å². The van der Waals surface area contributed by atoms with Crippen molar-refractivity contribution in [3.05, 3.63) is 53.8 Å². The molecule has 2 nitrogen and oxygen atoms in total. The van der Waals surface area contributed by atoms with Gasteiger partial charge in [0.2, 0.25) is 0 Å². The van der Waals surface area contributed by atoms with Crippen LogP contribution in [0.5, 0.6) is 0 Å². The summed E-state index contributed by atoms with van der Waals surface area (Å²) in [6, 6.07) is 10.6. The first-order valence-electron chi connectivity index (χ1n) is 8.96. The number of unbranched alkanes of at least 4 members (excludes halogenated alkanes) is 3. The minimum atomic E-state index is -1.92. The van der Waals surface area contributed by atoms with Crippen molar-refractivity contribution < 1.29 is 9.53 Å². The van der Waals surface area contributed by atoms with Gasteiger partial charge in [0.05, 0.1) is 7.11 Å². The minimum Gasteiger partial charge on any atom is -0.466 e. The van der Waals surface area contributed by atoms with Crippen LogP contribution in [0.4, 0.5) is 0 Å². The van der Waals surface area contributed by atoms with Crippen molar-refractivity contribution in [2.75, 3.05) is 7.11 Å². The average Bonchev–Trinajstić information content (AvgIpc) is 2.60. The zero-order chi connectivity index (χ0) is 18.0. The van der Waals surface area contributed by atoms with Crippen LogP contribution in [0.25, 0.3) is 0 Å². The fraction of sp³-hybridized carbons (Fsp3) is 0.476. The van der Waals surface area contributed by atoms with Crippen LogP contribution < -0.4 is 5.19 Å². The van der Waals surface area contributed by atoms with Crippen molar-refractivity contribution in [3.8, 4) is 0 Å². The Balaban J connectivity index is 3.29. The summed E-state index contributed by atoms with van der Waals surface area (Å²) in [7, 11) is -0.448. The molecular formula is C21H32O2Si. The van der Waals surface area contributed by atoms with Crippen molar-refractivity contribution in [1.82, 2.24) is 0 Å². The Bertz CT molecular complexity index is 558. The van der Waals surface area contributed by atoms with Crippen molar-refractivity contribution >= 4 is 19.2 Å². The molecule has 0 fully saturated rings. The van der Waals surface area contributed by atoms with Gasteiger partial charge in [0.1, 0.15) is 8.07 Å². The van der Waals surface area contributed by atoms with E-state index < -0.39 is 8.07 Å². The highest BCUT2D eigenvalue weighted by Crippen LogP contribution is 2.27. The molecule has 0 N–H and O–H groups in total. The lowest BCUT2D eigenvalue weighted by Gasteiger charge is -2.29. The molecule has 0 aliphatic rings. The highest BCUT2D eigenvalue weighted by Gasteiger charge is 2.32. The normalized spacial score (nSPS) is 12.5. The van der Waals surface area contributed by atoms with Gasteiger partial charge in [-0.15, -0.1) is 6.58 Å². The molecular weight excluding hydrogens is 312 g/mol. The van der Waals surface area contributed by atoms with Gasteiger partial charge in [-0.1, -0.05) is 86.1 Å². The smallest absolute Gasteiger partial charge is 0.333 e. The van der Waals surface area contributed by atoms with Crippen LogP contribution in [0, 0.1) is 0 Å². The molecule has 132 valence electrons. The third-order valence-corrected chi connectivity index (χ3v) is 8.51. The fourth-order valence-electron chi connectivity index (χ4n) is 3.20. The number of methoxy groups -OCH3 is 1. The van der Waals surface area contributed by atoms with Gasteiger partial charge in [-0.2, -0.15) is 0 Å². The van der Waals surface area contributed by atoms with E-state index in [1.807, 2.05) is 12.1 Å². The molecule has 1 rings (SSSR count). The molecule has 0 bridgehead atoms. The number of benzene rings is 1. The molecule has 0 amide bonds. The lowest BCUT2D eigenvalue weighted by molar-refractivity contribution is -0.136. The third-order valence-electron chi connectivity index (χ3n) is 4.67. The van der Waals surface area contributed by atoms with Crippen LogP contribution in [0.2, 0.25) is 13.1 Å². The van der Waals surface area contributed by atoms with Crippen LogP contribution in [0.15, 0.2) is 53.8 Å². The summed E-state index contributed by atoms with van der Waals surface area (Å²) < 4.78 is 5.08. The first-order chi connectivity index (χ1) is 11.5. The summed E-state index contributed by atoms with van der Waals surface area (Å²) in [5.41, 5.74) is 0.824. The van der Waals surface area contributed by atoms with Gasteiger partial charge in [-0.3, -0.25) is 0 Å². The van der Waals surface area contributed by atoms with Crippen LogP contribution in [-0.2, 0) is 9.53 Å². The quantitative estimate of drug-likeness (QED) is 0.193. The Kier molecular flexibility index (Phi) is 8.76. The molecule has 3 heteroatoms. The van der Waals surface area contributed by atoms with E-state index in [4.69, 9.17) is 4.74 Å². The van der Waals surface area contributed by atoms with Gasteiger partial charge in [0, 0.05) is 5.57 Å². The Hall–Kier alpha value is -1.61. The van der Waals surface area contributed by atoms with Gasteiger partial charge in [-0.05, 0) is 19.3 Å². The zero-order valence-electron chi connectivity index (χ0n) is 15.7. The zero-order valence-corrected chi connectivity index (χ0v) is 16.7. The van der Waals surface area contributed by atoms with E-state index in [0.29, 0.717) is 6.42 Å². The van der Waals surface area contributed by atoms with Gasteiger partial charge in [-0.25, -0.2) is 4.79 Å². The second-order valence-electron chi connectivity index (χ2n) is 6.74. The van der Waals surface area contributed by atoms with Crippen molar-refractivity contribution in [2.24, 2.45) is 0 Å². The number of ether oxygens (including phenoxy) is 1. The lowest BCUT2D eigenvalue weighted by atomic mass is 10.1. The molecule has 1 aromatic carbocycles. The van der Waals surface area contributed by atoms with Crippen molar-refractivity contribution in [1.29, 1.82) is 0 Å². The first-order valence-corrected chi connectivity index (χ1v) is 12.0. The van der Waals surface area contributed by atoms with Gasteiger partial charge >= 0.3 is 5.97 Å². The van der Waals surface area contributed by atoms with Gasteiger partial charge < -0.3 is 4.74 Å². The molecule has 0 atom stereocenters. The molecule has 0 radical (unpaired) electrons. The van der Waals surface area contributed by atoms with Gasteiger partial charge in [0.25, 0.3) is 0 Å². The molecule has 1 aromatic rings. The summed E-state index contributed by atoms with van der Waals surface area (Å²) in [4.78, 5) is 12.4. The first kappa shape index (κ1) is 20.4. The van der Waals surface area contributed by atoms with E-state index in [9.17, 15) is 4.79 Å². The molecule has 0 spiro atoms. The number of carbonyl (C=O) groups is 1. The number of hydrogen-bond donors (Lipinski definition) is 0. The van der Waals surface area contributed by atoms with E-state index in [-0.39, 0.29) is 5.97 Å². The molecule has 0 saturated carbocycles. The predicted octanol–water partition coefficient (Wildman–Crippen LogP) is 5.16. The van der Waals surface area contributed by atoms with Crippen LogP contribution in [-0.4, -0.2) is 21.2 Å². The number of hydrogen-bond acceptors (Lipinski definition) is 2. The number of carbonyl (C=O) groups excluding carboxylic acids is 1. The summed E-state index contributed by atoms with van der Waals surface area (Å²) >= 11 is 0. The summed E-state index contributed by atoms with van der Waals surface area (Å²) in [5, 5.41) is 2.68. The van der Waals surface area contributed by atoms with Crippen LogP contribution in [0.3, 0.4) is 0 Å². The van der Waals surface area contributed by atoms with Crippen molar-refractivity contribution in [2.45, 2.75) is 58.5 Å². The third kappa shape index (κ3) is 5.48. The van der Waals surface area contributed by atoms with E-state index >= 15 is 0 Å². The second-order valence-corrected chi connectivity index (χ2v) is 11.2. The highest BCUT2D eigenvalue weighted by molar-refractivity contribution is 6.96. The fourth-order valence-corrected chi connectivity index (χ4v) is 6.33. The molecule has 0 aromatic heterocycles. The molecule has 0 heterocycles. The van der Waals surface area contributed by atoms with E-state index in [0.717, 1.165) is 18.4 Å². The molecule has 0 saturated heterocycles. The molecule has 24 heavy (non-hydrogen) atoms. The van der Waals surface area contributed by atoms with E-state index in [1.165, 1.54) is 36.8 Å². The Morgan fingerprint density at radius 1 is 1.17 bits per heavy atom. The number of esters is 1. The molecule has 0 aliphatic carbocycles. The van der Waals surface area contributed by atoms with E-state index in [2.05, 4.69) is 50.9 Å². The number of allylic oxidation sites excluding steroid dienone is 2. The summed E-state index contributed by atoms with van der Waals surface area (Å²) in [5.74, 6) is -0.197. The molecule has 0 unspecified atom stereocenters. The average molecular weight is 345 g/mol. The minimum absolute atomic E-state index is 0.197. The Morgan fingerprint density at radius 3 is 2.38 bits per heavy atom.